The van der Waals surface area contributed by atoms with Crippen LogP contribution in [0.1, 0.15) is 5.56 Å². The van der Waals surface area contributed by atoms with Crippen LogP contribution in [0.5, 0.6) is 0 Å². The summed E-state index contributed by atoms with van der Waals surface area (Å²) in [5.74, 6) is 0. The first-order valence-electron chi connectivity index (χ1n) is 9.85. The molecule has 0 aromatic heterocycles. The number of fused-ring (bicyclic) bond motifs is 2. The molecule has 0 aliphatic carbocycles. The molecule has 0 atom stereocenters. The topological polar surface area (TPSA) is 95.2 Å². The minimum absolute atomic E-state index is 0.134. The molecule has 0 saturated carbocycles. The summed E-state index contributed by atoms with van der Waals surface area (Å²) in [6, 6.07) is 24.1. The lowest BCUT2D eigenvalue weighted by molar-refractivity contribution is -0.137. The summed E-state index contributed by atoms with van der Waals surface area (Å²) < 4.78 is 38.9. The summed E-state index contributed by atoms with van der Waals surface area (Å²) >= 11 is 0. The number of halogens is 3. The minimum atomic E-state index is -4.47. The van der Waals surface area contributed by atoms with Crippen molar-refractivity contribution in [3.63, 3.8) is 0 Å². The van der Waals surface area contributed by atoms with E-state index in [-0.39, 0.29) is 11.1 Å². The fourth-order valence-electron chi connectivity index (χ4n) is 4.02. The molecule has 0 heterocycles. The molecule has 0 aliphatic heterocycles. The summed E-state index contributed by atoms with van der Waals surface area (Å²) in [7, 11) is 0. The van der Waals surface area contributed by atoms with Gasteiger partial charge in [-0.3, -0.25) is 0 Å². The quantitative estimate of drug-likeness (QED) is 0.380. The van der Waals surface area contributed by atoms with Gasteiger partial charge in [-0.1, -0.05) is 48.5 Å². The Hall–Kier alpha value is -5.11. The van der Waals surface area contributed by atoms with Gasteiger partial charge in [-0.15, -0.1) is 0 Å². The number of hydrogen-bond donors (Lipinski definition) is 0. The molecule has 0 bridgehead atoms. The van der Waals surface area contributed by atoms with Gasteiger partial charge in [0.05, 0.1) is 5.56 Å². The molecule has 0 amide bonds. The molecule has 0 aliphatic rings. The third-order valence-electron chi connectivity index (χ3n) is 5.52. The number of benzene rings is 4. The highest BCUT2D eigenvalue weighted by atomic mass is 19.4. The van der Waals surface area contributed by atoms with Crippen LogP contribution in [-0.2, 0) is 6.18 Å². The standard InChI is InChI=1S/C27H11F3N4/c28-27(29,30)20-8-5-16(6-9-20)17-7-10-23-24(11-17)26(19(14-33)15-34)22-4-2-1-3-21(22)25(23)18(12-31)13-32/h1-11H. The lowest BCUT2D eigenvalue weighted by Gasteiger charge is -2.11. The van der Waals surface area contributed by atoms with Gasteiger partial charge in [0, 0.05) is 10.4 Å². The molecule has 4 aromatic rings. The first-order chi connectivity index (χ1) is 16.3. The highest BCUT2D eigenvalue weighted by Crippen LogP contribution is 2.31. The smallest absolute Gasteiger partial charge is 0.192 e. The summed E-state index contributed by atoms with van der Waals surface area (Å²) in [5.41, 5.74) is -0.0265. The van der Waals surface area contributed by atoms with Gasteiger partial charge < -0.3 is 0 Å². The number of alkyl halides is 3. The molecule has 0 radical (unpaired) electrons. The maximum absolute atomic E-state index is 13.0. The van der Waals surface area contributed by atoms with Crippen LogP contribution in [0.4, 0.5) is 13.2 Å². The van der Waals surface area contributed by atoms with Crippen molar-refractivity contribution < 1.29 is 13.2 Å². The molecule has 0 spiro atoms. The van der Waals surface area contributed by atoms with Crippen LogP contribution in [-0.4, -0.2) is 0 Å². The first-order valence-corrected chi connectivity index (χ1v) is 9.85. The Morgan fingerprint density at radius 3 is 1.47 bits per heavy atom. The van der Waals surface area contributed by atoms with Gasteiger partial charge in [-0.2, -0.15) is 34.2 Å². The highest BCUT2D eigenvalue weighted by Gasteiger charge is 2.30. The Balaban J connectivity index is 2.23. The third-order valence-corrected chi connectivity index (χ3v) is 5.52. The van der Waals surface area contributed by atoms with E-state index >= 15 is 0 Å². The van der Waals surface area contributed by atoms with E-state index in [4.69, 9.17) is 0 Å². The monoisotopic (exact) mass is 448 g/mol. The molecule has 0 saturated heterocycles. The second-order valence-electron chi connectivity index (χ2n) is 7.33. The van der Waals surface area contributed by atoms with Gasteiger partial charge in [0.1, 0.15) is 35.4 Å². The Bertz CT molecular complexity index is 1740. The largest absolute Gasteiger partial charge is 0.416 e. The molecule has 34 heavy (non-hydrogen) atoms. The average Bonchev–Trinajstić information content (AvgIpc) is 2.85. The van der Waals surface area contributed by atoms with E-state index in [1.165, 1.54) is 12.1 Å². The minimum Gasteiger partial charge on any atom is -0.192 e. The maximum atomic E-state index is 13.0. The molecular weight excluding hydrogens is 437 g/mol. The van der Waals surface area contributed by atoms with Gasteiger partial charge in [0.2, 0.25) is 0 Å². The van der Waals surface area contributed by atoms with Crippen molar-refractivity contribution in [3.05, 3.63) is 82.7 Å². The Kier molecular flexibility index (Phi) is 5.48. The van der Waals surface area contributed by atoms with E-state index < -0.39 is 11.7 Å². The normalized spacial score (nSPS) is 10.7. The van der Waals surface area contributed by atoms with Crippen LogP contribution in [0.25, 0.3) is 43.8 Å². The molecule has 4 nitrogen and oxygen atoms in total. The lowest BCUT2D eigenvalue weighted by Crippen LogP contribution is -2.18. The fraction of sp³-hybridized carbons (Fsp3) is 0.0370. The number of rotatable bonds is 1. The van der Waals surface area contributed by atoms with Crippen LogP contribution >= 0.6 is 0 Å². The van der Waals surface area contributed by atoms with Gasteiger partial charge >= 0.3 is 6.18 Å². The zero-order valence-electron chi connectivity index (χ0n) is 17.3. The van der Waals surface area contributed by atoms with Crippen LogP contribution in [0.3, 0.4) is 0 Å². The van der Waals surface area contributed by atoms with E-state index in [1.54, 1.807) is 42.5 Å². The van der Waals surface area contributed by atoms with Crippen LogP contribution in [0.15, 0.2) is 66.7 Å². The molecule has 0 N–H and O–H groups in total. The van der Waals surface area contributed by atoms with Crippen LogP contribution in [0.2, 0.25) is 0 Å². The van der Waals surface area contributed by atoms with E-state index in [0.717, 1.165) is 12.1 Å². The molecule has 0 unspecified atom stereocenters. The predicted molar refractivity (Wildman–Crippen MR) is 120 cm³/mol. The van der Waals surface area contributed by atoms with Crippen molar-refractivity contribution in [2.75, 3.05) is 0 Å². The van der Waals surface area contributed by atoms with Crippen molar-refractivity contribution in [1.29, 1.82) is 21.0 Å². The van der Waals surface area contributed by atoms with Gasteiger partial charge in [0.25, 0.3) is 0 Å². The van der Waals surface area contributed by atoms with Gasteiger partial charge in [-0.05, 0) is 50.9 Å². The summed E-state index contributed by atoms with van der Waals surface area (Å²) in [6.07, 6.45) is -4.47. The second kappa shape index (κ2) is 8.44. The zero-order valence-corrected chi connectivity index (χ0v) is 17.3. The molecule has 4 aromatic carbocycles. The van der Waals surface area contributed by atoms with E-state index in [1.807, 2.05) is 24.3 Å². The molecule has 4 rings (SSSR count). The van der Waals surface area contributed by atoms with Gasteiger partial charge in [0.15, 0.2) is 0 Å². The SMILES string of the molecule is N#CC(C#N)=c1c2ccccc2c(=C(C#N)C#N)c2cc(-c3ccc(C(F)(F)F)cc3)ccc12. The van der Waals surface area contributed by atoms with Crippen molar-refractivity contribution in [2.45, 2.75) is 6.18 Å². The third kappa shape index (κ3) is 3.59. The Labute approximate surface area is 191 Å². The maximum Gasteiger partial charge on any atom is 0.416 e. The van der Waals surface area contributed by atoms with Crippen molar-refractivity contribution >= 4 is 32.7 Å². The van der Waals surface area contributed by atoms with E-state index in [0.29, 0.717) is 43.1 Å². The molecular formula is C27H11F3N4. The summed E-state index contributed by atoms with van der Waals surface area (Å²) in [6.45, 7) is 0. The van der Waals surface area contributed by atoms with E-state index in [9.17, 15) is 34.2 Å². The average molecular weight is 448 g/mol. The van der Waals surface area contributed by atoms with Crippen LogP contribution in [0, 0.1) is 45.3 Å². The summed E-state index contributed by atoms with van der Waals surface area (Å²) in [4.78, 5) is 0. The fourth-order valence-corrected chi connectivity index (χ4v) is 4.02. The Morgan fingerprint density at radius 1 is 0.559 bits per heavy atom. The summed E-state index contributed by atoms with van der Waals surface area (Å²) in [5, 5.41) is 41.1. The molecule has 0 fully saturated rings. The number of hydrogen-bond acceptors (Lipinski definition) is 4. The highest BCUT2D eigenvalue weighted by molar-refractivity contribution is 6.06. The van der Waals surface area contributed by atoms with Crippen LogP contribution < -0.4 is 10.4 Å². The first kappa shape index (κ1) is 22.1. The number of nitrogens with zero attached hydrogens (tertiary/aromatic N) is 4. The van der Waals surface area contributed by atoms with Gasteiger partial charge in [-0.25, -0.2) is 0 Å². The molecule has 7 heteroatoms. The van der Waals surface area contributed by atoms with E-state index in [2.05, 4.69) is 0 Å². The van der Waals surface area contributed by atoms with Crippen molar-refractivity contribution in [2.24, 2.45) is 0 Å². The van der Waals surface area contributed by atoms with Crippen molar-refractivity contribution in [1.82, 2.24) is 0 Å². The lowest BCUT2D eigenvalue weighted by atomic mass is 9.91. The van der Waals surface area contributed by atoms with Crippen molar-refractivity contribution in [3.8, 4) is 35.4 Å². The zero-order chi connectivity index (χ0) is 24.5. The number of nitriles is 4. The molecule has 160 valence electrons. The second-order valence-corrected chi connectivity index (χ2v) is 7.33. The predicted octanol–water partition coefficient (Wildman–Crippen LogP) is 5.07. The Morgan fingerprint density at radius 2 is 1.00 bits per heavy atom.